The second-order valence-corrected chi connectivity index (χ2v) is 10.6. The lowest BCUT2D eigenvalue weighted by Gasteiger charge is -2.36. The van der Waals surface area contributed by atoms with E-state index in [9.17, 15) is 4.79 Å². The standard InChI is InChI=1S/C26H44O4/c27-26(22-9-5-2-6-10-22)30-25-17-15-24(16-18-25)29-19-28-23-13-11-21(12-14-23)20-7-3-1-4-8-20/h20-25H,1-19H2. The van der Waals surface area contributed by atoms with E-state index in [4.69, 9.17) is 14.2 Å². The van der Waals surface area contributed by atoms with Crippen molar-refractivity contribution in [3.05, 3.63) is 0 Å². The number of esters is 1. The lowest BCUT2D eigenvalue weighted by molar-refractivity contribution is -0.163. The van der Waals surface area contributed by atoms with Crippen LogP contribution in [0.5, 0.6) is 0 Å². The molecule has 30 heavy (non-hydrogen) atoms. The average Bonchev–Trinajstić information content (AvgIpc) is 2.82. The molecule has 0 aliphatic heterocycles. The first-order valence-electron chi connectivity index (χ1n) is 13.2. The van der Waals surface area contributed by atoms with Crippen molar-refractivity contribution in [2.45, 2.75) is 134 Å². The Kier molecular flexibility index (Phi) is 8.92. The van der Waals surface area contributed by atoms with E-state index in [2.05, 4.69) is 0 Å². The summed E-state index contributed by atoms with van der Waals surface area (Å²) in [7, 11) is 0. The van der Waals surface area contributed by atoms with Crippen LogP contribution in [0.15, 0.2) is 0 Å². The van der Waals surface area contributed by atoms with E-state index in [1.165, 1.54) is 77.0 Å². The summed E-state index contributed by atoms with van der Waals surface area (Å²) < 4.78 is 17.9. The first kappa shape index (κ1) is 22.6. The summed E-state index contributed by atoms with van der Waals surface area (Å²) >= 11 is 0. The van der Waals surface area contributed by atoms with Gasteiger partial charge in [-0.25, -0.2) is 0 Å². The third kappa shape index (κ3) is 6.69. The Hall–Kier alpha value is -0.610. The Morgan fingerprint density at radius 1 is 0.533 bits per heavy atom. The fraction of sp³-hybridized carbons (Fsp3) is 0.962. The highest BCUT2D eigenvalue weighted by molar-refractivity contribution is 5.72. The molecule has 0 N–H and O–H groups in total. The van der Waals surface area contributed by atoms with Crippen LogP contribution in [0.4, 0.5) is 0 Å². The topological polar surface area (TPSA) is 44.8 Å². The molecule has 0 radical (unpaired) electrons. The molecule has 0 spiro atoms. The van der Waals surface area contributed by atoms with Gasteiger partial charge in [0.2, 0.25) is 0 Å². The Labute approximate surface area is 183 Å². The van der Waals surface area contributed by atoms with Crippen LogP contribution in [0.3, 0.4) is 0 Å². The molecule has 0 unspecified atom stereocenters. The second kappa shape index (κ2) is 11.9. The lowest BCUT2D eigenvalue weighted by Crippen LogP contribution is -2.32. The summed E-state index contributed by atoms with van der Waals surface area (Å²) in [6.45, 7) is 0.440. The van der Waals surface area contributed by atoms with Gasteiger partial charge >= 0.3 is 5.97 Å². The van der Waals surface area contributed by atoms with E-state index in [0.29, 0.717) is 12.9 Å². The fourth-order valence-corrected chi connectivity index (χ4v) is 6.48. The van der Waals surface area contributed by atoms with Crippen LogP contribution in [-0.2, 0) is 19.0 Å². The molecule has 4 rings (SSSR count). The van der Waals surface area contributed by atoms with Crippen molar-refractivity contribution in [2.75, 3.05) is 6.79 Å². The van der Waals surface area contributed by atoms with E-state index in [1.807, 2.05) is 0 Å². The van der Waals surface area contributed by atoms with Gasteiger partial charge < -0.3 is 14.2 Å². The number of carbonyl (C=O) groups is 1. The molecule has 0 aromatic rings. The van der Waals surface area contributed by atoms with Gasteiger partial charge in [0.1, 0.15) is 12.9 Å². The Balaban J connectivity index is 1.05. The van der Waals surface area contributed by atoms with Gasteiger partial charge in [-0.15, -0.1) is 0 Å². The Morgan fingerprint density at radius 3 is 1.60 bits per heavy atom. The maximum Gasteiger partial charge on any atom is 0.309 e. The number of rotatable bonds is 7. The first-order chi connectivity index (χ1) is 14.8. The molecular formula is C26H44O4. The number of hydrogen-bond acceptors (Lipinski definition) is 4. The molecule has 4 saturated carbocycles. The summed E-state index contributed by atoms with van der Waals surface area (Å²) in [5, 5.41) is 0. The van der Waals surface area contributed by atoms with Crippen molar-refractivity contribution < 1.29 is 19.0 Å². The minimum atomic E-state index is 0.0613. The third-order valence-corrected chi connectivity index (χ3v) is 8.49. The van der Waals surface area contributed by atoms with Crippen LogP contribution in [0.25, 0.3) is 0 Å². The summed E-state index contributed by atoms with van der Waals surface area (Å²) in [6, 6.07) is 0. The fourth-order valence-electron chi connectivity index (χ4n) is 6.48. The summed E-state index contributed by atoms with van der Waals surface area (Å²) in [4.78, 5) is 12.3. The monoisotopic (exact) mass is 420 g/mol. The molecule has 0 atom stereocenters. The SMILES string of the molecule is O=C(OC1CCC(OCOC2CCC(C3CCCCC3)CC2)CC1)C1CCCCC1. The molecule has 0 saturated heterocycles. The van der Waals surface area contributed by atoms with Crippen LogP contribution >= 0.6 is 0 Å². The van der Waals surface area contributed by atoms with Crippen molar-refractivity contribution in [3.8, 4) is 0 Å². The Bertz CT molecular complexity index is 493. The third-order valence-electron chi connectivity index (χ3n) is 8.49. The van der Waals surface area contributed by atoms with Gasteiger partial charge in [0.25, 0.3) is 0 Å². The molecule has 0 amide bonds. The highest BCUT2D eigenvalue weighted by Gasteiger charge is 2.30. The van der Waals surface area contributed by atoms with Crippen LogP contribution in [0.2, 0.25) is 0 Å². The van der Waals surface area contributed by atoms with Crippen LogP contribution in [0, 0.1) is 17.8 Å². The van der Waals surface area contributed by atoms with Crippen LogP contribution in [0.1, 0.15) is 116 Å². The molecule has 4 heteroatoms. The molecule has 0 aromatic carbocycles. The van der Waals surface area contributed by atoms with E-state index in [-0.39, 0.29) is 24.1 Å². The smallest absolute Gasteiger partial charge is 0.309 e. The van der Waals surface area contributed by atoms with Gasteiger partial charge in [0.15, 0.2) is 0 Å². The predicted molar refractivity (Wildman–Crippen MR) is 118 cm³/mol. The zero-order chi connectivity index (χ0) is 20.6. The molecule has 0 aromatic heterocycles. The van der Waals surface area contributed by atoms with Crippen molar-refractivity contribution in [2.24, 2.45) is 17.8 Å². The largest absolute Gasteiger partial charge is 0.462 e. The van der Waals surface area contributed by atoms with Gasteiger partial charge in [-0.1, -0.05) is 51.4 Å². The minimum Gasteiger partial charge on any atom is -0.462 e. The van der Waals surface area contributed by atoms with Crippen LogP contribution < -0.4 is 0 Å². The van der Waals surface area contributed by atoms with Gasteiger partial charge in [-0.05, 0) is 76.0 Å². The van der Waals surface area contributed by atoms with E-state index in [1.54, 1.807) is 0 Å². The Morgan fingerprint density at radius 2 is 1.00 bits per heavy atom. The average molecular weight is 421 g/mol. The van der Waals surface area contributed by atoms with Crippen molar-refractivity contribution in [1.29, 1.82) is 0 Å². The van der Waals surface area contributed by atoms with E-state index < -0.39 is 0 Å². The quantitative estimate of drug-likeness (QED) is 0.346. The zero-order valence-corrected chi connectivity index (χ0v) is 19.0. The predicted octanol–water partition coefficient (Wildman–Crippen LogP) is 6.55. The number of carbonyl (C=O) groups excluding carboxylic acids is 1. The molecule has 0 heterocycles. The van der Waals surface area contributed by atoms with Gasteiger partial charge in [0.05, 0.1) is 18.1 Å². The van der Waals surface area contributed by atoms with Gasteiger partial charge in [-0.3, -0.25) is 4.79 Å². The molecule has 4 aliphatic carbocycles. The first-order valence-corrected chi connectivity index (χ1v) is 13.2. The summed E-state index contributed by atoms with van der Waals surface area (Å²) in [5.41, 5.74) is 0. The van der Waals surface area contributed by atoms with Gasteiger partial charge in [0, 0.05) is 0 Å². The normalized spacial score (nSPS) is 34.5. The number of ether oxygens (including phenoxy) is 3. The summed E-state index contributed by atoms with van der Waals surface area (Å²) in [6.07, 6.45) is 22.8. The van der Waals surface area contributed by atoms with Crippen molar-refractivity contribution in [3.63, 3.8) is 0 Å². The molecule has 172 valence electrons. The van der Waals surface area contributed by atoms with E-state index in [0.717, 1.165) is 50.4 Å². The highest BCUT2D eigenvalue weighted by atomic mass is 16.7. The zero-order valence-electron chi connectivity index (χ0n) is 19.0. The maximum absolute atomic E-state index is 12.3. The van der Waals surface area contributed by atoms with Crippen molar-refractivity contribution in [1.82, 2.24) is 0 Å². The van der Waals surface area contributed by atoms with Crippen LogP contribution in [-0.4, -0.2) is 31.1 Å². The van der Waals surface area contributed by atoms with Gasteiger partial charge in [-0.2, -0.15) is 0 Å². The number of hydrogen-bond donors (Lipinski definition) is 0. The molecule has 0 bridgehead atoms. The lowest BCUT2D eigenvalue weighted by atomic mass is 9.73. The molecule has 4 aliphatic rings. The summed E-state index contributed by atoms with van der Waals surface area (Å²) in [5.74, 6) is 2.18. The van der Waals surface area contributed by atoms with Crippen molar-refractivity contribution >= 4 is 5.97 Å². The van der Waals surface area contributed by atoms with E-state index >= 15 is 0 Å². The molecular weight excluding hydrogens is 376 g/mol. The molecule has 4 nitrogen and oxygen atoms in total. The molecule has 4 fully saturated rings. The maximum atomic E-state index is 12.3. The second-order valence-electron chi connectivity index (χ2n) is 10.6. The minimum absolute atomic E-state index is 0.0613. The highest BCUT2D eigenvalue weighted by Crippen LogP contribution is 2.39.